The van der Waals surface area contributed by atoms with Gasteiger partial charge in [-0.05, 0) is 21.4 Å². The lowest BCUT2D eigenvalue weighted by Crippen LogP contribution is -2.23. The number of fused-ring (bicyclic) bond motifs is 1. The maximum absolute atomic E-state index is 12.9. The largest absolute Gasteiger partial charge is 0.420 e. The molecule has 0 saturated heterocycles. The molecule has 0 fully saturated rings. The van der Waals surface area contributed by atoms with Crippen molar-refractivity contribution in [3.8, 4) is 11.5 Å². The minimum atomic E-state index is -2.08. The Morgan fingerprint density at radius 3 is 1.92 bits per heavy atom. The quantitative estimate of drug-likeness (QED) is 0.602. The molecule has 0 radical (unpaired) electrons. The van der Waals surface area contributed by atoms with Gasteiger partial charge >= 0.3 is 5.78 Å². The molecule has 4 heteroatoms. The summed E-state index contributed by atoms with van der Waals surface area (Å²) in [6.07, 6.45) is 0. The molecule has 0 amide bonds. The lowest BCUT2D eigenvalue weighted by molar-refractivity contribution is -0.104. The van der Waals surface area contributed by atoms with Gasteiger partial charge in [-0.1, -0.05) is 26.0 Å². The van der Waals surface area contributed by atoms with Crippen molar-refractivity contribution in [2.24, 2.45) is 0 Å². The fourth-order valence-corrected chi connectivity index (χ4v) is 1.19. The fraction of sp³-hybridized carbons (Fsp3) is 0.333. The van der Waals surface area contributed by atoms with Gasteiger partial charge in [0.15, 0.2) is 11.5 Å². The number of rotatable bonds is 0. The van der Waals surface area contributed by atoms with Crippen LogP contribution < -0.4 is 9.47 Å². The van der Waals surface area contributed by atoms with Crippen LogP contribution in [0, 0.1) is 0 Å². The Hall–Kier alpha value is -0.820. The lowest BCUT2D eigenvalue weighted by atomic mass is 10.3. The highest BCUT2D eigenvalue weighted by molar-refractivity contribution is 7.18. The van der Waals surface area contributed by atoms with Crippen LogP contribution in [0.3, 0.4) is 0 Å². The number of hydrogen-bond acceptors (Lipinski definition) is 2. The van der Waals surface area contributed by atoms with Gasteiger partial charge in [-0.2, -0.15) is 4.39 Å². The average molecular weight is 202 g/mol. The molecule has 72 valence electrons. The standard InChI is InChI=1S/C7H6FO2P.C2H6/c8-7(11)9-5-3-1-2-4-6(5)10-7;1-2/h1-4H,11H2;1-2H3. The SMILES string of the molecule is CC.FC1(P)Oc2ccccc2O1. The molecule has 0 spiro atoms. The summed E-state index contributed by atoms with van der Waals surface area (Å²) in [6.45, 7) is 4.00. The maximum atomic E-state index is 12.9. The van der Waals surface area contributed by atoms with E-state index < -0.39 is 5.78 Å². The molecule has 1 aromatic carbocycles. The fourth-order valence-electron chi connectivity index (χ4n) is 0.940. The highest BCUT2D eigenvalue weighted by Gasteiger charge is 2.36. The molecule has 1 aliphatic heterocycles. The van der Waals surface area contributed by atoms with Crippen molar-refractivity contribution in [3.05, 3.63) is 24.3 Å². The van der Waals surface area contributed by atoms with Crippen LogP contribution in [0.1, 0.15) is 13.8 Å². The van der Waals surface area contributed by atoms with E-state index >= 15 is 0 Å². The van der Waals surface area contributed by atoms with Gasteiger partial charge < -0.3 is 9.47 Å². The van der Waals surface area contributed by atoms with Gasteiger partial charge in [0, 0.05) is 0 Å². The van der Waals surface area contributed by atoms with Crippen molar-refractivity contribution < 1.29 is 13.9 Å². The molecule has 2 rings (SSSR count). The first-order valence-electron chi connectivity index (χ1n) is 4.12. The van der Waals surface area contributed by atoms with Gasteiger partial charge in [0.1, 0.15) is 0 Å². The van der Waals surface area contributed by atoms with Crippen molar-refractivity contribution in [1.29, 1.82) is 0 Å². The molecule has 13 heavy (non-hydrogen) atoms. The zero-order valence-electron chi connectivity index (χ0n) is 7.58. The number of para-hydroxylation sites is 2. The minimum Gasteiger partial charge on any atom is -0.420 e. The summed E-state index contributed by atoms with van der Waals surface area (Å²) in [5.74, 6) is -1.21. The van der Waals surface area contributed by atoms with Crippen molar-refractivity contribution in [3.63, 3.8) is 0 Å². The van der Waals surface area contributed by atoms with Gasteiger partial charge in [-0.15, -0.1) is 0 Å². The van der Waals surface area contributed by atoms with Gasteiger partial charge in [-0.25, -0.2) is 0 Å². The normalized spacial score (nSPS) is 16.0. The molecule has 1 aliphatic rings. The van der Waals surface area contributed by atoms with Crippen LogP contribution in [-0.2, 0) is 0 Å². The van der Waals surface area contributed by atoms with Crippen molar-refractivity contribution >= 4 is 9.24 Å². The molecular weight excluding hydrogens is 190 g/mol. The van der Waals surface area contributed by atoms with Crippen LogP contribution in [0.25, 0.3) is 0 Å². The van der Waals surface area contributed by atoms with Crippen LogP contribution in [-0.4, -0.2) is 5.78 Å². The van der Waals surface area contributed by atoms with E-state index in [-0.39, 0.29) is 0 Å². The summed E-state index contributed by atoms with van der Waals surface area (Å²) in [5.41, 5.74) is 0. The number of halogens is 1. The molecule has 0 saturated carbocycles. The molecular formula is C9H12FO2P. The second-order valence-electron chi connectivity index (χ2n) is 2.23. The lowest BCUT2D eigenvalue weighted by Gasteiger charge is -2.10. The van der Waals surface area contributed by atoms with E-state index in [4.69, 9.17) is 9.47 Å². The summed E-state index contributed by atoms with van der Waals surface area (Å²) in [5, 5.41) is 0. The number of hydrogen-bond donors (Lipinski definition) is 0. The summed E-state index contributed by atoms with van der Waals surface area (Å²) < 4.78 is 22.5. The third-order valence-electron chi connectivity index (χ3n) is 1.35. The monoisotopic (exact) mass is 202 g/mol. The van der Waals surface area contributed by atoms with E-state index in [0.717, 1.165) is 0 Å². The smallest absolute Gasteiger partial charge is 0.418 e. The van der Waals surface area contributed by atoms with E-state index in [1.165, 1.54) is 0 Å². The predicted molar refractivity (Wildman–Crippen MR) is 52.6 cm³/mol. The highest BCUT2D eigenvalue weighted by atomic mass is 31.0. The second kappa shape index (κ2) is 3.93. The molecule has 2 nitrogen and oxygen atoms in total. The van der Waals surface area contributed by atoms with E-state index in [0.29, 0.717) is 11.5 Å². The van der Waals surface area contributed by atoms with Crippen molar-refractivity contribution in [2.75, 3.05) is 0 Å². The Labute approximate surface area is 79.2 Å². The van der Waals surface area contributed by atoms with Gasteiger partial charge in [-0.3, -0.25) is 0 Å². The van der Waals surface area contributed by atoms with Crippen LogP contribution in [0.15, 0.2) is 24.3 Å². The van der Waals surface area contributed by atoms with E-state index in [2.05, 4.69) is 0 Å². The van der Waals surface area contributed by atoms with E-state index in [1.807, 2.05) is 23.1 Å². The third kappa shape index (κ3) is 2.31. The minimum absolute atomic E-state index is 0.435. The van der Waals surface area contributed by atoms with E-state index in [9.17, 15) is 4.39 Å². The van der Waals surface area contributed by atoms with Crippen molar-refractivity contribution in [2.45, 2.75) is 19.6 Å². The molecule has 0 bridgehead atoms. The van der Waals surface area contributed by atoms with Gasteiger partial charge in [0.25, 0.3) is 0 Å². The molecule has 0 aromatic heterocycles. The summed E-state index contributed by atoms with van der Waals surface area (Å²) in [7, 11) is 1.84. The van der Waals surface area contributed by atoms with Crippen LogP contribution in [0.2, 0.25) is 0 Å². The third-order valence-corrected chi connectivity index (χ3v) is 1.58. The second-order valence-corrected chi connectivity index (χ2v) is 2.92. The number of benzene rings is 1. The molecule has 0 N–H and O–H groups in total. The summed E-state index contributed by atoms with van der Waals surface area (Å²) in [4.78, 5) is 0. The Bertz CT molecular complexity index is 262. The molecule has 1 heterocycles. The highest BCUT2D eigenvalue weighted by Crippen LogP contribution is 2.42. The zero-order chi connectivity index (χ0) is 9.90. The van der Waals surface area contributed by atoms with Crippen LogP contribution in [0.4, 0.5) is 4.39 Å². The summed E-state index contributed by atoms with van der Waals surface area (Å²) in [6, 6.07) is 6.82. The molecule has 1 unspecified atom stereocenters. The maximum Gasteiger partial charge on any atom is 0.418 e. The van der Waals surface area contributed by atoms with E-state index in [1.54, 1.807) is 24.3 Å². The van der Waals surface area contributed by atoms with Gasteiger partial charge in [0.05, 0.1) is 0 Å². The molecule has 0 aliphatic carbocycles. The average Bonchev–Trinajstić information content (AvgIpc) is 2.41. The Balaban J connectivity index is 0.000000396. The Morgan fingerprint density at radius 2 is 1.54 bits per heavy atom. The first kappa shape index (κ1) is 10.3. The molecule has 1 atom stereocenters. The molecule has 1 aromatic rings. The Kier molecular flexibility index (Phi) is 3.10. The first-order valence-corrected chi connectivity index (χ1v) is 4.70. The first-order chi connectivity index (χ1) is 6.17. The predicted octanol–water partition coefficient (Wildman–Crippen LogP) is 2.94. The Morgan fingerprint density at radius 1 is 1.15 bits per heavy atom. The topological polar surface area (TPSA) is 18.5 Å². The van der Waals surface area contributed by atoms with Crippen LogP contribution in [0.5, 0.6) is 11.5 Å². The van der Waals surface area contributed by atoms with Crippen LogP contribution >= 0.6 is 9.24 Å². The number of alkyl halides is 1. The summed E-state index contributed by atoms with van der Waals surface area (Å²) >= 11 is 0. The van der Waals surface area contributed by atoms with Crippen molar-refractivity contribution in [1.82, 2.24) is 0 Å². The number of ether oxygens (including phenoxy) is 2. The van der Waals surface area contributed by atoms with Gasteiger partial charge in [0.2, 0.25) is 0 Å². The zero-order valence-corrected chi connectivity index (χ0v) is 8.74.